The lowest BCUT2D eigenvalue weighted by Crippen LogP contribution is -1.88. The summed E-state index contributed by atoms with van der Waals surface area (Å²) >= 11 is 0. The number of benzene rings is 1. The van der Waals surface area contributed by atoms with Gasteiger partial charge in [0.05, 0.1) is 23.4 Å². The molecule has 82 valence electrons. The van der Waals surface area contributed by atoms with Crippen molar-refractivity contribution in [1.82, 2.24) is 9.97 Å². The predicted octanol–water partition coefficient (Wildman–Crippen LogP) is 1.48. The molecule has 6 heteroatoms. The molecule has 0 amide bonds. The first-order valence-electron chi connectivity index (χ1n) is 4.60. The van der Waals surface area contributed by atoms with Crippen LogP contribution in [0.4, 0.5) is 5.69 Å². The molecule has 0 aliphatic heterocycles. The maximum absolute atomic E-state index is 10.4. The number of nitro benzene ring substituents is 1. The van der Waals surface area contributed by atoms with Gasteiger partial charge in [-0.1, -0.05) is 0 Å². The molecule has 1 aromatic carbocycles. The van der Waals surface area contributed by atoms with Crippen molar-refractivity contribution < 1.29 is 10.0 Å². The highest BCUT2D eigenvalue weighted by Crippen LogP contribution is 2.19. The van der Waals surface area contributed by atoms with Gasteiger partial charge in [-0.2, -0.15) is 0 Å². The van der Waals surface area contributed by atoms with Gasteiger partial charge in [-0.25, -0.2) is 4.98 Å². The first kappa shape index (κ1) is 10.3. The molecule has 0 saturated heterocycles. The van der Waals surface area contributed by atoms with Crippen LogP contribution in [0.25, 0.3) is 11.4 Å². The van der Waals surface area contributed by atoms with Crippen molar-refractivity contribution in [2.75, 3.05) is 0 Å². The molecule has 0 atom stereocenters. The predicted molar refractivity (Wildman–Crippen MR) is 56.6 cm³/mol. The summed E-state index contributed by atoms with van der Waals surface area (Å²) in [5.74, 6) is 0.582. The number of hydrogen-bond acceptors (Lipinski definition) is 4. The summed E-state index contributed by atoms with van der Waals surface area (Å²) in [7, 11) is 0. The maximum atomic E-state index is 10.4. The Balaban J connectivity index is 2.30. The number of hydrogen-bond donors (Lipinski definition) is 2. The van der Waals surface area contributed by atoms with Crippen molar-refractivity contribution in [2.45, 2.75) is 6.61 Å². The highest BCUT2D eigenvalue weighted by molar-refractivity contribution is 5.57. The lowest BCUT2D eigenvalue weighted by molar-refractivity contribution is -0.384. The number of aromatic nitrogens is 2. The first-order valence-corrected chi connectivity index (χ1v) is 4.60. The van der Waals surface area contributed by atoms with E-state index in [1.807, 2.05) is 0 Å². The number of non-ortho nitro benzene ring substituents is 1. The van der Waals surface area contributed by atoms with E-state index in [4.69, 9.17) is 5.11 Å². The number of nitrogens with zero attached hydrogens (tertiary/aromatic N) is 2. The molecule has 0 radical (unpaired) electrons. The summed E-state index contributed by atoms with van der Waals surface area (Å²) < 4.78 is 0. The van der Waals surface area contributed by atoms with E-state index in [1.165, 1.54) is 18.3 Å². The van der Waals surface area contributed by atoms with Crippen molar-refractivity contribution in [3.63, 3.8) is 0 Å². The van der Waals surface area contributed by atoms with Crippen molar-refractivity contribution in [3.05, 3.63) is 46.3 Å². The Labute approximate surface area is 90.7 Å². The molecule has 2 rings (SSSR count). The Hall–Kier alpha value is -2.21. The van der Waals surface area contributed by atoms with Crippen molar-refractivity contribution in [1.29, 1.82) is 0 Å². The SMILES string of the molecule is O=[N+]([O-])c1ccc(-c2ncc(CO)[nH]2)cc1. The van der Waals surface area contributed by atoms with Gasteiger partial charge < -0.3 is 10.1 Å². The topological polar surface area (TPSA) is 92.1 Å². The Kier molecular flexibility index (Phi) is 2.65. The number of aromatic amines is 1. The molecule has 0 saturated carbocycles. The van der Waals surface area contributed by atoms with Gasteiger partial charge in [0.15, 0.2) is 0 Å². The number of imidazole rings is 1. The minimum atomic E-state index is -0.453. The highest BCUT2D eigenvalue weighted by atomic mass is 16.6. The average molecular weight is 219 g/mol. The fourth-order valence-corrected chi connectivity index (χ4v) is 1.33. The van der Waals surface area contributed by atoms with Gasteiger partial charge in [0.2, 0.25) is 0 Å². The molecular formula is C10H9N3O3. The first-order chi connectivity index (χ1) is 7.70. The third kappa shape index (κ3) is 1.91. The summed E-state index contributed by atoms with van der Waals surface area (Å²) in [6.07, 6.45) is 1.52. The Bertz CT molecular complexity index is 504. The second-order valence-electron chi connectivity index (χ2n) is 3.22. The summed E-state index contributed by atoms with van der Waals surface area (Å²) in [5.41, 5.74) is 1.39. The van der Waals surface area contributed by atoms with E-state index < -0.39 is 4.92 Å². The molecule has 0 fully saturated rings. The third-order valence-corrected chi connectivity index (χ3v) is 2.15. The molecule has 0 spiro atoms. The molecule has 1 aromatic heterocycles. The van der Waals surface area contributed by atoms with Crippen LogP contribution in [-0.4, -0.2) is 20.0 Å². The molecule has 16 heavy (non-hydrogen) atoms. The Morgan fingerprint density at radius 1 is 1.38 bits per heavy atom. The van der Waals surface area contributed by atoms with Crippen LogP contribution < -0.4 is 0 Å². The van der Waals surface area contributed by atoms with E-state index in [9.17, 15) is 10.1 Å². The van der Waals surface area contributed by atoms with Crippen molar-refractivity contribution >= 4 is 5.69 Å². The summed E-state index contributed by atoms with van der Waals surface area (Å²) in [6.45, 7) is -0.111. The van der Waals surface area contributed by atoms with Crippen LogP contribution in [0.1, 0.15) is 5.69 Å². The van der Waals surface area contributed by atoms with E-state index in [0.29, 0.717) is 11.5 Å². The van der Waals surface area contributed by atoms with Gasteiger partial charge >= 0.3 is 0 Å². The van der Waals surface area contributed by atoms with Crippen molar-refractivity contribution in [3.8, 4) is 11.4 Å². The number of nitrogens with one attached hydrogen (secondary N) is 1. The zero-order chi connectivity index (χ0) is 11.5. The molecule has 1 heterocycles. The fourth-order valence-electron chi connectivity index (χ4n) is 1.33. The monoisotopic (exact) mass is 219 g/mol. The van der Waals surface area contributed by atoms with E-state index in [0.717, 1.165) is 5.56 Å². The number of rotatable bonds is 3. The molecule has 0 aliphatic carbocycles. The second kappa shape index (κ2) is 4.11. The van der Waals surface area contributed by atoms with Crippen LogP contribution in [0.15, 0.2) is 30.5 Å². The number of aliphatic hydroxyl groups is 1. The minimum Gasteiger partial charge on any atom is -0.390 e. The smallest absolute Gasteiger partial charge is 0.269 e. The molecule has 2 aromatic rings. The summed E-state index contributed by atoms with van der Waals surface area (Å²) in [5, 5.41) is 19.3. The van der Waals surface area contributed by atoms with Gasteiger partial charge in [-0.15, -0.1) is 0 Å². The standard InChI is InChI=1S/C10H9N3O3/c14-6-8-5-11-10(12-8)7-1-3-9(4-2-7)13(15)16/h1-5,14H,6H2,(H,11,12). The van der Waals surface area contributed by atoms with Gasteiger partial charge in [0.1, 0.15) is 5.82 Å². The van der Waals surface area contributed by atoms with Crippen LogP contribution in [0.3, 0.4) is 0 Å². The zero-order valence-corrected chi connectivity index (χ0v) is 8.25. The summed E-state index contributed by atoms with van der Waals surface area (Å²) in [6, 6.07) is 6.04. The fraction of sp³-hybridized carbons (Fsp3) is 0.100. The van der Waals surface area contributed by atoms with E-state index >= 15 is 0 Å². The molecule has 6 nitrogen and oxygen atoms in total. The molecule has 0 unspecified atom stereocenters. The Morgan fingerprint density at radius 3 is 2.56 bits per heavy atom. The van der Waals surface area contributed by atoms with Gasteiger partial charge in [0, 0.05) is 17.7 Å². The van der Waals surface area contributed by atoms with Crippen LogP contribution in [0.5, 0.6) is 0 Å². The largest absolute Gasteiger partial charge is 0.390 e. The van der Waals surface area contributed by atoms with E-state index in [2.05, 4.69) is 9.97 Å². The number of aliphatic hydroxyl groups excluding tert-OH is 1. The average Bonchev–Trinajstić information content (AvgIpc) is 2.77. The van der Waals surface area contributed by atoms with Crippen molar-refractivity contribution in [2.24, 2.45) is 0 Å². The zero-order valence-electron chi connectivity index (χ0n) is 8.25. The van der Waals surface area contributed by atoms with Crippen LogP contribution in [0, 0.1) is 10.1 Å². The number of nitro groups is 1. The van der Waals surface area contributed by atoms with E-state index in [1.54, 1.807) is 12.1 Å². The lowest BCUT2D eigenvalue weighted by atomic mass is 10.2. The Morgan fingerprint density at radius 2 is 2.06 bits per heavy atom. The lowest BCUT2D eigenvalue weighted by Gasteiger charge is -1.96. The molecule has 2 N–H and O–H groups in total. The normalized spacial score (nSPS) is 10.3. The highest BCUT2D eigenvalue weighted by Gasteiger charge is 2.07. The third-order valence-electron chi connectivity index (χ3n) is 2.15. The minimum absolute atomic E-state index is 0.0395. The molecule has 0 bridgehead atoms. The molecular weight excluding hydrogens is 210 g/mol. The van der Waals surface area contributed by atoms with Gasteiger partial charge in [0.25, 0.3) is 5.69 Å². The summed E-state index contributed by atoms with van der Waals surface area (Å²) in [4.78, 5) is 16.9. The quantitative estimate of drug-likeness (QED) is 0.604. The van der Waals surface area contributed by atoms with Crippen LogP contribution in [-0.2, 0) is 6.61 Å². The number of H-pyrrole nitrogens is 1. The maximum Gasteiger partial charge on any atom is 0.269 e. The second-order valence-corrected chi connectivity index (χ2v) is 3.22. The van der Waals surface area contributed by atoms with Crippen LogP contribution >= 0.6 is 0 Å². The molecule has 0 aliphatic rings. The van der Waals surface area contributed by atoms with Gasteiger partial charge in [-0.05, 0) is 12.1 Å². The van der Waals surface area contributed by atoms with Gasteiger partial charge in [-0.3, -0.25) is 10.1 Å². The van der Waals surface area contributed by atoms with E-state index in [-0.39, 0.29) is 12.3 Å². The van der Waals surface area contributed by atoms with Crippen LogP contribution in [0.2, 0.25) is 0 Å².